The summed E-state index contributed by atoms with van der Waals surface area (Å²) in [5, 5.41) is 0. The number of hydrogen-bond donors (Lipinski definition) is 0. The molecule has 0 unspecified atom stereocenters. The first-order valence-electron chi connectivity index (χ1n) is 11.6. The van der Waals surface area contributed by atoms with E-state index in [1.165, 1.54) is 16.6 Å². The Morgan fingerprint density at radius 3 is 2.59 bits per heavy atom. The minimum Gasteiger partial charge on any atom is -0.496 e. The topological polar surface area (TPSA) is 90.2 Å². The quantitative estimate of drug-likeness (QED) is 0.441. The van der Waals surface area contributed by atoms with Crippen molar-refractivity contribution in [2.45, 2.75) is 32.9 Å². The van der Waals surface area contributed by atoms with Gasteiger partial charge in [-0.2, -0.15) is 0 Å². The number of anilines is 1. The maximum absolute atomic E-state index is 14.1. The van der Waals surface area contributed by atoms with Crippen LogP contribution < -0.4 is 24.5 Å². The first-order valence-corrected chi connectivity index (χ1v) is 13.2. The molecule has 37 heavy (non-hydrogen) atoms. The zero-order chi connectivity index (χ0) is 26.6. The molecule has 0 bridgehead atoms. The number of ether oxygens (including phenoxy) is 2. The molecule has 1 aromatic heterocycles. The molecule has 0 spiro atoms. The highest BCUT2D eigenvalue weighted by molar-refractivity contribution is 9.10. The molecular formula is C27H24BrN3O5S. The highest BCUT2D eigenvalue weighted by Crippen LogP contribution is 2.38. The summed E-state index contributed by atoms with van der Waals surface area (Å²) in [7, 11) is 3.22. The maximum Gasteiger partial charge on any atom is 0.338 e. The summed E-state index contributed by atoms with van der Waals surface area (Å²) < 4.78 is 13.7. The van der Waals surface area contributed by atoms with Gasteiger partial charge >= 0.3 is 5.97 Å². The lowest BCUT2D eigenvalue weighted by molar-refractivity contribution is -0.143. The standard InChI is InChI=1S/C27H24BrN3O5S/c1-13(2)36-26(34)20-14(3)29-27-31(22(20)17-12-15(28)10-11-19(17)35-5)25(33)23(37-27)21-16-8-6-7-9-18(16)30(4)24(21)32/h6-13,22H,1-5H3/b23-21+/t22-/m0/s1. The van der Waals surface area contributed by atoms with E-state index in [1.807, 2.05) is 36.4 Å². The van der Waals surface area contributed by atoms with Crippen molar-refractivity contribution in [3.63, 3.8) is 0 Å². The number of para-hydroxylation sites is 1. The number of aromatic nitrogens is 1. The molecule has 0 aliphatic carbocycles. The van der Waals surface area contributed by atoms with Gasteiger partial charge in [-0.25, -0.2) is 9.79 Å². The molecule has 190 valence electrons. The predicted molar refractivity (Wildman–Crippen MR) is 144 cm³/mol. The van der Waals surface area contributed by atoms with Gasteiger partial charge < -0.3 is 14.4 Å². The van der Waals surface area contributed by atoms with Gasteiger partial charge in [0.05, 0.1) is 35.7 Å². The molecule has 1 atom stereocenters. The Kier molecular flexibility index (Phi) is 6.41. The SMILES string of the molecule is COc1ccc(Br)cc1[C@H]1C(C(=O)OC(C)C)=C(C)N=c2s/c(=C3/C(=O)N(C)c4ccccc43)c(=O)n21. The van der Waals surface area contributed by atoms with Crippen LogP contribution in [0.3, 0.4) is 0 Å². The lowest BCUT2D eigenvalue weighted by Gasteiger charge is -2.26. The van der Waals surface area contributed by atoms with Crippen molar-refractivity contribution in [2.75, 3.05) is 19.1 Å². The molecule has 0 saturated carbocycles. The van der Waals surface area contributed by atoms with Crippen molar-refractivity contribution in [3.8, 4) is 5.75 Å². The van der Waals surface area contributed by atoms with E-state index in [1.54, 1.807) is 33.9 Å². The highest BCUT2D eigenvalue weighted by atomic mass is 79.9. The first-order chi connectivity index (χ1) is 17.6. The van der Waals surface area contributed by atoms with Gasteiger partial charge in [-0.15, -0.1) is 0 Å². The maximum atomic E-state index is 14.1. The van der Waals surface area contributed by atoms with Crippen molar-refractivity contribution < 1.29 is 19.1 Å². The van der Waals surface area contributed by atoms with Crippen molar-refractivity contribution in [2.24, 2.45) is 4.99 Å². The van der Waals surface area contributed by atoms with E-state index in [4.69, 9.17) is 9.47 Å². The van der Waals surface area contributed by atoms with Crippen LogP contribution in [0.1, 0.15) is 37.9 Å². The number of methoxy groups -OCH3 is 1. The molecule has 2 aliphatic heterocycles. The Morgan fingerprint density at radius 2 is 1.89 bits per heavy atom. The molecule has 3 aromatic rings. The van der Waals surface area contributed by atoms with Crippen molar-refractivity contribution >= 4 is 50.4 Å². The molecular weight excluding hydrogens is 558 g/mol. The lowest BCUT2D eigenvalue weighted by Crippen LogP contribution is -2.41. The summed E-state index contributed by atoms with van der Waals surface area (Å²) in [5.74, 6) is -0.334. The van der Waals surface area contributed by atoms with E-state index in [-0.39, 0.29) is 22.1 Å². The second kappa shape index (κ2) is 9.42. The number of fused-ring (bicyclic) bond motifs is 2. The number of carbonyl (C=O) groups excluding carboxylic acids is 2. The largest absolute Gasteiger partial charge is 0.496 e. The van der Waals surface area contributed by atoms with E-state index in [0.29, 0.717) is 32.9 Å². The molecule has 0 saturated heterocycles. The summed E-state index contributed by atoms with van der Waals surface area (Å²) in [4.78, 5) is 47.3. The van der Waals surface area contributed by atoms with Crippen LogP contribution >= 0.6 is 27.3 Å². The van der Waals surface area contributed by atoms with Gasteiger partial charge in [0.2, 0.25) is 0 Å². The number of rotatable bonds is 4. The number of benzene rings is 2. The van der Waals surface area contributed by atoms with Gasteiger partial charge in [0.15, 0.2) is 4.80 Å². The molecule has 2 aliphatic rings. The summed E-state index contributed by atoms with van der Waals surface area (Å²) in [6.45, 7) is 5.25. The van der Waals surface area contributed by atoms with Gasteiger partial charge in [0, 0.05) is 22.6 Å². The summed E-state index contributed by atoms with van der Waals surface area (Å²) in [6, 6.07) is 11.9. The minimum atomic E-state index is -0.867. The van der Waals surface area contributed by atoms with Crippen LogP contribution in [0.5, 0.6) is 5.75 Å². The average molecular weight is 582 g/mol. The fourth-order valence-electron chi connectivity index (χ4n) is 4.71. The van der Waals surface area contributed by atoms with E-state index < -0.39 is 17.6 Å². The van der Waals surface area contributed by atoms with Crippen molar-refractivity contribution in [1.29, 1.82) is 0 Å². The molecule has 2 aromatic carbocycles. The van der Waals surface area contributed by atoms with Crippen LogP contribution in [-0.2, 0) is 14.3 Å². The molecule has 0 radical (unpaired) electrons. The average Bonchev–Trinajstić information content (AvgIpc) is 3.30. The number of carbonyl (C=O) groups is 2. The van der Waals surface area contributed by atoms with E-state index in [9.17, 15) is 14.4 Å². The van der Waals surface area contributed by atoms with Gasteiger partial charge in [-0.05, 0) is 45.0 Å². The third-order valence-corrected chi connectivity index (χ3v) is 7.87. The molecule has 10 heteroatoms. The Bertz CT molecular complexity index is 1680. The molecule has 0 fully saturated rings. The van der Waals surface area contributed by atoms with Crippen LogP contribution in [0, 0.1) is 0 Å². The first kappa shape index (κ1) is 25.2. The van der Waals surface area contributed by atoms with Gasteiger partial charge in [0.25, 0.3) is 11.5 Å². The second-order valence-corrected chi connectivity index (χ2v) is 10.9. The van der Waals surface area contributed by atoms with Crippen molar-refractivity contribution in [3.05, 3.63) is 89.0 Å². The van der Waals surface area contributed by atoms with Crippen molar-refractivity contribution in [1.82, 2.24) is 4.57 Å². The summed E-state index contributed by atoms with van der Waals surface area (Å²) in [6.07, 6.45) is -0.368. The van der Waals surface area contributed by atoms with Crippen LogP contribution in [0.2, 0.25) is 0 Å². The van der Waals surface area contributed by atoms with E-state index in [2.05, 4.69) is 20.9 Å². The normalized spacial score (nSPS) is 18.1. The zero-order valence-corrected chi connectivity index (χ0v) is 23.3. The number of thiazole rings is 1. The lowest BCUT2D eigenvalue weighted by atomic mass is 9.95. The second-order valence-electron chi connectivity index (χ2n) is 9.00. The molecule has 5 rings (SSSR count). The Hall–Kier alpha value is -3.50. The molecule has 3 heterocycles. The van der Waals surface area contributed by atoms with E-state index in [0.717, 1.165) is 21.5 Å². The Balaban J connectivity index is 1.86. The van der Waals surface area contributed by atoms with Crippen LogP contribution in [-0.4, -0.2) is 36.7 Å². The molecule has 1 amide bonds. The summed E-state index contributed by atoms with van der Waals surface area (Å²) >= 11 is 4.64. The Labute approximate surface area is 225 Å². The molecule has 8 nitrogen and oxygen atoms in total. The van der Waals surface area contributed by atoms with Crippen LogP contribution in [0.15, 0.2) is 68.0 Å². The number of amides is 1. The number of allylic oxidation sites excluding steroid dienone is 1. The van der Waals surface area contributed by atoms with E-state index >= 15 is 0 Å². The predicted octanol–water partition coefficient (Wildman–Crippen LogP) is 3.30. The third-order valence-electron chi connectivity index (χ3n) is 6.33. The third kappa shape index (κ3) is 4.04. The van der Waals surface area contributed by atoms with Crippen LogP contribution in [0.25, 0.3) is 5.57 Å². The molecule has 0 N–H and O–H groups in total. The Morgan fingerprint density at radius 1 is 1.16 bits per heavy atom. The summed E-state index contributed by atoms with van der Waals surface area (Å²) in [5.41, 5.74) is 2.61. The fraction of sp³-hybridized carbons (Fsp3) is 0.259. The number of nitrogens with zero attached hydrogens (tertiary/aromatic N) is 3. The number of hydrogen-bond acceptors (Lipinski definition) is 7. The number of esters is 1. The van der Waals surface area contributed by atoms with Gasteiger partial charge in [-0.3, -0.25) is 14.2 Å². The zero-order valence-electron chi connectivity index (χ0n) is 20.9. The smallest absolute Gasteiger partial charge is 0.338 e. The monoisotopic (exact) mass is 581 g/mol. The minimum absolute atomic E-state index is 0.240. The number of halogens is 1. The number of likely N-dealkylation sites (N-methyl/N-ethyl adjacent to an activating group) is 1. The van der Waals surface area contributed by atoms with Gasteiger partial charge in [0.1, 0.15) is 16.3 Å². The fourth-order valence-corrected chi connectivity index (χ4v) is 6.23. The van der Waals surface area contributed by atoms with Crippen LogP contribution in [0.4, 0.5) is 5.69 Å². The van der Waals surface area contributed by atoms with Gasteiger partial charge in [-0.1, -0.05) is 45.5 Å². The highest BCUT2D eigenvalue weighted by Gasteiger charge is 2.37.